The van der Waals surface area contributed by atoms with Crippen LogP contribution in [0.3, 0.4) is 0 Å². The van der Waals surface area contributed by atoms with Crippen molar-refractivity contribution in [3.8, 4) is 9.88 Å². The molecule has 2 N–H and O–H groups in total. The number of hydrogen-bond donors (Lipinski definition) is 1. The molecule has 18 heavy (non-hydrogen) atoms. The van der Waals surface area contributed by atoms with E-state index in [4.69, 9.17) is 5.73 Å². The Morgan fingerprint density at radius 2 is 2.22 bits per heavy atom. The molecule has 0 spiro atoms. The first-order valence-corrected chi connectivity index (χ1v) is 8.88. The van der Waals surface area contributed by atoms with Crippen LogP contribution in [-0.4, -0.2) is 22.5 Å². The van der Waals surface area contributed by atoms with Gasteiger partial charge in [0.2, 0.25) is 0 Å². The van der Waals surface area contributed by atoms with E-state index < -0.39 is 0 Å². The van der Waals surface area contributed by atoms with Crippen LogP contribution in [0.2, 0.25) is 0 Å². The molecule has 2 aromatic heterocycles. The monoisotopic (exact) mass is 297 g/mol. The van der Waals surface area contributed by atoms with Crippen molar-refractivity contribution in [3.63, 3.8) is 0 Å². The molecule has 0 unspecified atom stereocenters. The molecule has 3 heterocycles. The SMILES string of the molecule is NCCCc1nnc(-c2cc3c(s2)CCSC3)s1. The zero-order valence-electron chi connectivity index (χ0n) is 10.0. The smallest absolute Gasteiger partial charge is 0.157 e. The Hall–Kier alpha value is -0.430. The van der Waals surface area contributed by atoms with Crippen molar-refractivity contribution in [1.29, 1.82) is 0 Å². The van der Waals surface area contributed by atoms with E-state index in [1.165, 1.54) is 22.6 Å². The van der Waals surface area contributed by atoms with Crippen LogP contribution in [0.1, 0.15) is 21.9 Å². The lowest BCUT2D eigenvalue weighted by molar-refractivity contribution is 0.812. The number of hydrogen-bond acceptors (Lipinski definition) is 6. The molecule has 0 bridgehead atoms. The van der Waals surface area contributed by atoms with Crippen molar-refractivity contribution < 1.29 is 0 Å². The van der Waals surface area contributed by atoms with Crippen LogP contribution in [-0.2, 0) is 18.6 Å². The molecule has 6 heteroatoms. The lowest BCUT2D eigenvalue weighted by Gasteiger charge is -2.08. The molecule has 1 aliphatic heterocycles. The average Bonchev–Trinajstić information content (AvgIpc) is 3.02. The van der Waals surface area contributed by atoms with Gasteiger partial charge in [0.1, 0.15) is 5.01 Å². The highest BCUT2D eigenvalue weighted by molar-refractivity contribution is 7.98. The van der Waals surface area contributed by atoms with Gasteiger partial charge in [0.15, 0.2) is 5.01 Å². The first-order chi connectivity index (χ1) is 8.86. The average molecular weight is 297 g/mol. The standard InChI is InChI=1S/C12H15N3S3/c13-4-1-2-11-14-15-12(18-11)10-6-8-7-16-5-3-9(8)17-10/h6H,1-5,7,13H2. The zero-order chi connectivity index (χ0) is 12.4. The molecular weight excluding hydrogens is 282 g/mol. The van der Waals surface area contributed by atoms with Crippen molar-refractivity contribution in [3.05, 3.63) is 21.5 Å². The normalized spacial score (nSPS) is 14.7. The molecule has 0 fully saturated rings. The largest absolute Gasteiger partial charge is 0.330 e. The van der Waals surface area contributed by atoms with Gasteiger partial charge in [-0.25, -0.2) is 0 Å². The minimum Gasteiger partial charge on any atom is -0.330 e. The molecule has 0 amide bonds. The number of thioether (sulfide) groups is 1. The second-order valence-electron chi connectivity index (χ2n) is 4.25. The molecule has 0 saturated carbocycles. The molecule has 2 aromatic rings. The second kappa shape index (κ2) is 5.69. The Bertz CT molecular complexity index is 509. The van der Waals surface area contributed by atoms with E-state index in [0.29, 0.717) is 0 Å². The van der Waals surface area contributed by atoms with Gasteiger partial charge in [0, 0.05) is 17.1 Å². The predicted molar refractivity (Wildman–Crippen MR) is 80.5 cm³/mol. The minimum atomic E-state index is 0.722. The zero-order valence-corrected chi connectivity index (χ0v) is 12.5. The first kappa shape index (κ1) is 12.6. The number of aryl methyl sites for hydroxylation is 2. The summed E-state index contributed by atoms with van der Waals surface area (Å²) in [4.78, 5) is 2.83. The van der Waals surface area contributed by atoms with Gasteiger partial charge in [-0.1, -0.05) is 11.3 Å². The van der Waals surface area contributed by atoms with Gasteiger partial charge < -0.3 is 5.73 Å². The molecule has 3 nitrogen and oxygen atoms in total. The summed E-state index contributed by atoms with van der Waals surface area (Å²) >= 11 is 5.63. The number of fused-ring (bicyclic) bond motifs is 1. The van der Waals surface area contributed by atoms with E-state index in [2.05, 4.69) is 16.3 Å². The highest BCUT2D eigenvalue weighted by atomic mass is 32.2. The second-order valence-corrected chi connectivity index (χ2v) is 7.56. The van der Waals surface area contributed by atoms with Crippen LogP contribution in [0.5, 0.6) is 0 Å². The number of rotatable bonds is 4. The van der Waals surface area contributed by atoms with Gasteiger partial charge in [0.05, 0.1) is 4.88 Å². The van der Waals surface area contributed by atoms with Gasteiger partial charge in [-0.3, -0.25) is 0 Å². The van der Waals surface area contributed by atoms with Crippen LogP contribution >= 0.6 is 34.4 Å². The summed E-state index contributed by atoms with van der Waals surface area (Å²) < 4.78 is 0. The molecule has 0 aromatic carbocycles. The Morgan fingerprint density at radius 1 is 1.28 bits per heavy atom. The van der Waals surface area contributed by atoms with Gasteiger partial charge in [0.25, 0.3) is 0 Å². The van der Waals surface area contributed by atoms with E-state index in [9.17, 15) is 0 Å². The van der Waals surface area contributed by atoms with E-state index in [-0.39, 0.29) is 0 Å². The summed E-state index contributed by atoms with van der Waals surface area (Å²) in [7, 11) is 0. The maximum absolute atomic E-state index is 5.52. The summed E-state index contributed by atoms with van der Waals surface area (Å²) in [6.45, 7) is 0.722. The lowest BCUT2D eigenvalue weighted by atomic mass is 10.2. The summed E-state index contributed by atoms with van der Waals surface area (Å²) in [5, 5.41) is 10.7. The maximum atomic E-state index is 5.52. The third-order valence-electron chi connectivity index (χ3n) is 2.90. The lowest BCUT2D eigenvalue weighted by Crippen LogP contribution is -1.99. The summed E-state index contributed by atoms with van der Waals surface area (Å²) in [6.07, 6.45) is 3.16. The predicted octanol–water partition coefficient (Wildman–Crippen LogP) is 2.95. The van der Waals surface area contributed by atoms with Crippen molar-refractivity contribution in [2.45, 2.75) is 25.0 Å². The van der Waals surface area contributed by atoms with E-state index in [1.54, 1.807) is 16.2 Å². The number of aromatic nitrogens is 2. The highest BCUT2D eigenvalue weighted by Crippen LogP contribution is 2.37. The van der Waals surface area contributed by atoms with Crippen LogP contribution < -0.4 is 5.73 Å². The van der Waals surface area contributed by atoms with Gasteiger partial charge in [-0.15, -0.1) is 21.5 Å². The summed E-state index contributed by atoms with van der Waals surface area (Å²) in [6, 6.07) is 2.30. The molecule has 3 rings (SSSR count). The Kier molecular flexibility index (Phi) is 3.98. The van der Waals surface area contributed by atoms with Crippen LogP contribution in [0.4, 0.5) is 0 Å². The van der Waals surface area contributed by atoms with Crippen LogP contribution in [0.15, 0.2) is 6.07 Å². The fraction of sp³-hybridized carbons (Fsp3) is 0.500. The van der Waals surface area contributed by atoms with Crippen molar-refractivity contribution in [2.75, 3.05) is 12.3 Å². The number of thiophene rings is 1. The van der Waals surface area contributed by atoms with Crippen LogP contribution in [0.25, 0.3) is 9.88 Å². The number of nitrogens with two attached hydrogens (primary N) is 1. The maximum Gasteiger partial charge on any atom is 0.157 e. The van der Waals surface area contributed by atoms with E-state index in [1.807, 2.05) is 23.1 Å². The minimum absolute atomic E-state index is 0.722. The summed E-state index contributed by atoms with van der Waals surface area (Å²) in [5.41, 5.74) is 7.02. The van der Waals surface area contributed by atoms with Gasteiger partial charge in [-0.05, 0) is 36.8 Å². The van der Waals surface area contributed by atoms with Crippen molar-refractivity contribution in [1.82, 2.24) is 10.2 Å². The Morgan fingerprint density at radius 3 is 3.06 bits per heavy atom. The highest BCUT2D eigenvalue weighted by Gasteiger charge is 2.16. The topological polar surface area (TPSA) is 51.8 Å². The Labute approximate surface area is 119 Å². The number of nitrogens with zero attached hydrogens (tertiary/aromatic N) is 2. The molecule has 96 valence electrons. The van der Waals surface area contributed by atoms with Crippen molar-refractivity contribution >= 4 is 34.4 Å². The molecule has 1 aliphatic rings. The summed E-state index contributed by atoms with van der Waals surface area (Å²) in [5.74, 6) is 2.41. The quantitative estimate of drug-likeness (QED) is 0.942. The first-order valence-electron chi connectivity index (χ1n) is 6.09. The fourth-order valence-electron chi connectivity index (χ4n) is 1.96. The molecule has 0 atom stereocenters. The van der Waals surface area contributed by atoms with E-state index in [0.717, 1.165) is 35.2 Å². The molecule has 0 aliphatic carbocycles. The molecule has 0 saturated heterocycles. The third-order valence-corrected chi connectivity index (χ3v) is 6.30. The fourth-order valence-corrected chi connectivity index (χ4v) is 5.25. The third kappa shape index (κ3) is 2.61. The van der Waals surface area contributed by atoms with Gasteiger partial charge >= 0.3 is 0 Å². The van der Waals surface area contributed by atoms with Crippen LogP contribution in [0, 0.1) is 0 Å². The Balaban J connectivity index is 1.81. The molecule has 0 radical (unpaired) electrons. The molecular formula is C12H15N3S3. The van der Waals surface area contributed by atoms with Crippen molar-refractivity contribution in [2.24, 2.45) is 5.73 Å². The van der Waals surface area contributed by atoms with Gasteiger partial charge in [-0.2, -0.15) is 11.8 Å². The van der Waals surface area contributed by atoms with E-state index >= 15 is 0 Å².